The van der Waals surface area contributed by atoms with Crippen LogP contribution in [-0.2, 0) is 11.3 Å². The molecule has 0 radical (unpaired) electrons. The Morgan fingerprint density at radius 2 is 2.26 bits per heavy atom. The van der Waals surface area contributed by atoms with Gasteiger partial charge in [0.15, 0.2) is 6.61 Å². The van der Waals surface area contributed by atoms with Crippen molar-refractivity contribution in [3.63, 3.8) is 0 Å². The molecule has 1 aromatic heterocycles. The first-order chi connectivity index (χ1) is 9.06. The van der Waals surface area contributed by atoms with Gasteiger partial charge in [-0.2, -0.15) is 4.98 Å². The SMILES string of the molecule is CN(C)c1noc(COC(=O)c2cccc(Cl)c2)n1. The van der Waals surface area contributed by atoms with Crippen molar-refractivity contribution in [3.8, 4) is 0 Å². The van der Waals surface area contributed by atoms with E-state index in [0.29, 0.717) is 16.5 Å². The number of carbonyl (C=O) groups is 1. The standard InChI is InChI=1S/C12H12ClN3O3/c1-16(2)12-14-10(19-15-12)7-18-11(17)8-4-3-5-9(13)6-8/h3-6H,7H2,1-2H3. The lowest BCUT2D eigenvalue weighted by Crippen LogP contribution is -2.10. The molecule has 0 aliphatic carbocycles. The Kier molecular flexibility index (Phi) is 4.01. The number of nitrogens with zero attached hydrogens (tertiary/aromatic N) is 3. The molecule has 0 aliphatic heterocycles. The number of rotatable bonds is 4. The van der Waals surface area contributed by atoms with E-state index in [1.165, 1.54) is 6.07 Å². The molecule has 0 amide bonds. The van der Waals surface area contributed by atoms with Crippen LogP contribution in [-0.4, -0.2) is 30.2 Å². The summed E-state index contributed by atoms with van der Waals surface area (Å²) in [4.78, 5) is 17.5. The summed E-state index contributed by atoms with van der Waals surface area (Å²) in [5.74, 6) is 0.167. The maximum Gasteiger partial charge on any atom is 0.338 e. The lowest BCUT2D eigenvalue weighted by atomic mass is 10.2. The van der Waals surface area contributed by atoms with Gasteiger partial charge < -0.3 is 14.2 Å². The van der Waals surface area contributed by atoms with Gasteiger partial charge in [0.05, 0.1) is 5.56 Å². The Labute approximate surface area is 114 Å². The molecule has 7 heteroatoms. The number of anilines is 1. The zero-order valence-corrected chi connectivity index (χ0v) is 11.2. The highest BCUT2D eigenvalue weighted by Gasteiger charge is 2.12. The number of esters is 1. The van der Waals surface area contributed by atoms with E-state index < -0.39 is 5.97 Å². The van der Waals surface area contributed by atoms with E-state index in [0.717, 1.165) is 0 Å². The highest BCUT2D eigenvalue weighted by atomic mass is 35.5. The van der Waals surface area contributed by atoms with Crippen LogP contribution in [0.3, 0.4) is 0 Å². The maximum absolute atomic E-state index is 11.7. The minimum atomic E-state index is -0.493. The molecule has 2 rings (SSSR count). The highest BCUT2D eigenvalue weighted by molar-refractivity contribution is 6.30. The van der Waals surface area contributed by atoms with E-state index in [1.54, 1.807) is 37.2 Å². The second-order valence-electron chi connectivity index (χ2n) is 3.97. The molecule has 0 saturated heterocycles. The quantitative estimate of drug-likeness (QED) is 0.800. The van der Waals surface area contributed by atoms with Crippen molar-refractivity contribution in [2.24, 2.45) is 0 Å². The molecule has 1 heterocycles. The molecule has 6 nitrogen and oxygen atoms in total. The summed E-state index contributed by atoms with van der Waals surface area (Å²) in [5, 5.41) is 4.18. The van der Waals surface area contributed by atoms with Gasteiger partial charge in [0, 0.05) is 19.1 Å². The minimum absolute atomic E-state index is 0.0772. The molecule has 0 unspecified atom stereocenters. The van der Waals surface area contributed by atoms with Crippen LogP contribution < -0.4 is 4.90 Å². The fourth-order valence-corrected chi connectivity index (χ4v) is 1.50. The summed E-state index contributed by atoms with van der Waals surface area (Å²) in [7, 11) is 3.57. The number of halogens is 1. The molecule has 0 bridgehead atoms. The van der Waals surface area contributed by atoms with Crippen LogP contribution in [0.15, 0.2) is 28.8 Å². The number of hydrogen-bond donors (Lipinski definition) is 0. The van der Waals surface area contributed by atoms with Gasteiger partial charge in [-0.3, -0.25) is 0 Å². The van der Waals surface area contributed by atoms with Crippen LogP contribution in [0.1, 0.15) is 16.2 Å². The van der Waals surface area contributed by atoms with Gasteiger partial charge >= 0.3 is 5.97 Å². The maximum atomic E-state index is 11.7. The van der Waals surface area contributed by atoms with E-state index in [4.69, 9.17) is 20.9 Å². The monoisotopic (exact) mass is 281 g/mol. The molecule has 0 N–H and O–H groups in total. The lowest BCUT2D eigenvalue weighted by molar-refractivity contribution is 0.0430. The number of benzene rings is 1. The van der Waals surface area contributed by atoms with Crippen LogP contribution in [0.5, 0.6) is 0 Å². The molecule has 0 atom stereocenters. The number of ether oxygens (including phenoxy) is 1. The smallest absolute Gasteiger partial charge is 0.338 e. The Morgan fingerprint density at radius 3 is 2.89 bits per heavy atom. The summed E-state index contributed by atoms with van der Waals surface area (Å²) < 4.78 is 9.98. The summed E-state index contributed by atoms with van der Waals surface area (Å²) in [6.45, 7) is -0.0772. The van der Waals surface area contributed by atoms with Crippen LogP contribution in [0.2, 0.25) is 5.02 Å². The molecule has 19 heavy (non-hydrogen) atoms. The van der Waals surface area contributed by atoms with Crippen LogP contribution >= 0.6 is 11.6 Å². The third-order valence-electron chi connectivity index (χ3n) is 2.24. The van der Waals surface area contributed by atoms with E-state index in [9.17, 15) is 4.79 Å². The van der Waals surface area contributed by atoms with Gasteiger partial charge in [-0.15, -0.1) is 0 Å². The number of hydrogen-bond acceptors (Lipinski definition) is 6. The summed E-state index contributed by atoms with van der Waals surface area (Å²) >= 11 is 5.79. The Balaban J connectivity index is 1.96. The summed E-state index contributed by atoms with van der Waals surface area (Å²) in [5.41, 5.74) is 0.375. The van der Waals surface area contributed by atoms with Gasteiger partial charge in [-0.1, -0.05) is 17.7 Å². The zero-order valence-electron chi connectivity index (χ0n) is 10.5. The topological polar surface area (TPSA) is 68.5 Å². The van der Waals surface area contributed by atoms with Crippen LogP contribution in [0, 0.1) is 0 Å². The first-order valence-electron chi connectivity index (χ1n) is 5.49. The molecule has 0 aliphatic rings. The fraction of sp³-hybridized carbons (Fsp3) is 0.250. The first kappa shape index (κ1) is 13.4. The predicted molar refractivity (Wildman–Crippen MR) is 69.2 cm³/mol. The van der Waals surface area contributed by atoms with Crippen molar-refractivity contribution in [3.05, 3.63) is 40.7 Å². The summed E-state index contributed by atoms with van der Waals surface area (Å²) in [6, 6.07) is 6.51. The van der Waals surface area contributed by atoms with Gasteiger partial charge in [0.1, 0.15) is 0 Å². The van der Waals surface area contributed by atoms with Gasteiger partial charge in [0.2, 0.25) is 0 Å². The van der Waals surface area contributed by atoms with Crippen LogP contribution in [0.25, 0.3) is 0 Å². The van der Waals surface area contributed by atoms with Crippen molar-refractivity contribution < 1.29 is 14.1 Å². The molecule has 2 aromatic rings. The van der Waals surface area contributed by atoms with Crippen molar-refractivity contribution >= 4 is 23.5 Å². The highest BCUT2D eigenvalue weighted by Crippen LogP contribution is 2.13. The molecular formula is C12H12ClN3O3. The molecule has 100 valence electrons. The van der Waals surface area contributed by atoms with E-state index >= 15 is 0 Å². The van der Waals surface area contributed by atoms with Crippen molar-refractivity contribution in [1.29, 1.82) is 0 Å². The van der Waals surface area contributed by atoms with Gasteiger partial charge in [-0.05, 0) is 23.4 Å². The number of aromatic nitrogens is 2. The van der Waals surface area contributed by atoms with Gasteiger partial charge in [0.25, 0.3) is 11.8 Å². The normalized spacial score (nSPS) is 10.3. The Hall–Kier alpha value is -2.08. The van der Waals surface area contributed by atoms with Crippen molar-refractivity contribution in [2.75, 3.05) is 19.0 Å². The predicted octanol–water partition coefficient (Wildman–Crippen LogP) is 2.15. The van der Waals surface area contributed by atoms with Crippen molar-refractivity contribution in [1.82, 2.24) is 10.1 Å². The largest absolute Gasteiger partial charge is 0.452 e. The fourth-order valence-electron chi connectivity index (χ4n) is 1.31. The van der Waals surface area contributed by atoms with Gasteiger partial charge in [-0.25, -0.2) is 4.79 Å². The third-order valence-corrected chi connectivity index (χ3v) is 2.48. The Bertz CT molecular complexity index is 583. The van der Waals surface area contributed by atoms with Crippen molar-refractivity contribution in [2.45, 2.75) is 6.61 Å². The second-order valence-corrected chi connectivity index (χ2v) is 4.41. The van der Waals surface area contributed by atoms with E-state index in [-0.39, 0.29) is 12.5 Å². The second kappa shape index (κ2) is 5.71. The first-order valence-corrected chi connectivity index (χ1v) is 5.86. The minimum Gasteiger partial charge on any atom is -0.452 e. The molecule has 0 spiro atoms. The molecule has 0 saturated carbocycles. The average molecular weight is 282 g/mol. The van der Waals surface area contributed by atoms with E-state index in [1.807, 2.05) is 0 Å². The molecule has 1 aromatic carbocycles. The number of carbonyl (C=O) groups excluding carboxylic acids is 1. The van der Waals surface area contributed by atoms with E-state index in [2.05, 4.69) is 10.1 Å². The summed E-state index contributed by atoms with van der Waals surface area (Å²) in [6.07, 6.45) is 0. The molecular weight excluding hydrogens is 270 g/mol. The molecule has 0 fully saturated rings. The lowest BCUT2D eigenvalue weighted by Gasteiger charge is -2.03. The zero-order chi connectivity index (χ0) is 13.8. The average Bonchev–Trinajstić information content (AvgIpc) is 2.85. The van der Waals surface area contributed by atoms with Crippen LogP contribution in [0.4, 0.5) is 5.95 Å². The Morgan fingerprint density at radius 1 is 1.47 bits per heavy atom. The third kappa shape index (κ3) is 3.45.